The molecule has 2 fully saturated rings. The summed E-state index contributed by atoms with van der Waals surface area (Å²) in [5, 5.41) is 16.7. The van der Waals surface area contributed by atoms with Crippen molar-refractivity contribution in [1.29, 1.82) is 0 Å². The van der Waals surface area contributed by atoms with E-state index < -0.39 is 0 Å². The number of rotatable bonds is 7. The Kier molecular flexibility index (Phi) is 8.81. The van der Waals surface area contributed by atoms with Crippen molar-refractivity contribution in [3.8, 4) is 0 Å². The van der Waals surface area contributed by atoms with Crippen molar-refractivity contribution in [1.82, 2.24) is 15.5 Å². The van der Waals surface area contributed by atoms with Crippen molar-refractivity contribution >= 4 is 5.96 Å². The van der Waals surface area contributed by atoms with Gasteiger partial charge in [0.1, 0.15) is 0 Å². The van der Waals surface area contributed by atoms with Gasteiger partial charge in [0.15, 0.2) is 5.96 Å². The normalized spacial score (nSPS) is 24.4. The van der Waals surface area contributed by atoms with Crippen LogP contribution in [0.1, 0.15) is 69.4 Å². The van der Waals surface area contributed by atoms with E-state index in [-0.39, 0.29) is 6.10 Å². The molecule has 3 rings (SSSR count). The van der Waals surface area contributed by atoms with E-state index in [0.717, 1.165) is 50.9 Å². The average Bonchev–Trinajstić information content (AvgIpc) is 2.75. The zero-order valence-electron chi connectivity index (χ0n) is 18.4. The Bertz CT molecular complexity index is 614. The summed E-state index contributed by atoms with van der Waals surface area (Å²) >= 11 is 0. The summed E-state index contributed by atoms with van der Waals surface area (Å²) < 4.78 is 0. The second-order valence-corrected chi connectivity index (χ2v) is 8.90. The summed E-state index contributed by atoms with van der Waals surface area (Å²) in [7, 11) is 1.86. The van der Waals surface area contributed by atoms with Crippen LogP contribution in [0.15, 0.2) is 29.3 Å². The Balaban J connectivity index is 1.39. The number of hydrogen-bond donors (Lipinski definition) is 3. The number of benzene rings is 1. The lowest BCUT2D eigenvalue weighted by atomic mass is 9.83. The Hall–Kier alpha value is -1.59. The average molecular weight is 401 g/mol. The molecule has 1 aliphatic carbocycles. The van der Waals surface area contributed by atoms with Gasteiger partial charge in [-0.3, -0.25) is 9.89 Å². The molecule has 1 aromatic carbocycles. The first-order valence-corrected chi connectivity index (χ1v) is 11.6. The van der Waals surface area contributed by atoms with Gasteiger partial charge in [0, 0.05) is 39.3 Å². The molecule has 0 aromatic heterocycles. The summed E-state index contributed by atoms with van der Waals surface area (Å²) in [6, 6.07) is 9.44. The van der Waals surface area contributed by atoms with E-state index in [1.807, 2.05) is 7.05 Å². The highest BCUT2D eigenvalue weighted by molar-refractivity contribution is 5.79. The highest BCUT2D eigenvalue weighted by atomic mass is 16.3. The van der Waals surface area contributed by atoms with Crippen LogP contribution in [-0.2, 0) is 13.1 Å². The van der Waals surface area contributed by atoms with E-state index in [4.69, 9.17) is 0 Å². The third kappa shape index (κ3) is 7.31. The van der Waals surface area contributed by atoms with Crippen molar-refractivity contribution in [3.63, 3.8) is 0 Å². The Morgan fingerprint density at radius 2 is 1.69 bits per heavy atom. The molecule has 0 unspecified atom stereocenters. The molecule has 0 bridgehead atoms. The quantitative estimate of drug-likeness (QED) is 0.483. The number of aliphatic hydroxyl groups excluding tert-OH is 1. The van der Waals surface area contributed by atoms with E-state index in [1.165, 1.54) is 49.7 Å². The van der Waals surface area contributed by atoms with Gasteiger partial charge in [-0.15, -0.1) is 0 Å². The van der Waals surface area contributed by atoms with Gasteiger partial charge in [-0.25, -0.2) is 0 Å². The van der Waals surface area contributed by atoms with E-state index in [2.05, 4.69) is 51.7 Å². The van der Waals surface area contributed by atoms with Crippen molar-refractivity contribution in [3.05, 3.63) is 35.4 Å². The first kappa shape index (κ1) is 22.1. The Morgan fingerprint density at radius 3 is 2.31 bits per heavy atom. The Labute approximate surface area is 177 Å². The number of aliphatic imine (C=N–C) groups is 1. The van der Waals surface area contributed by atoms with Crippen LogP contribution >= 0.6 is 0 Å². The predicted molar refractivity (Wildman–Crippen MR) is 121 cm³/mol. The molecule has 0 amide bonds. The lowest BCUT2D eigenvalue weighted by molar-refractivity contribution is 0.0792. The molecule has 1 saturated carbocycles. The molecule has 3 N–H and O–H groups in total. The topological polar surface area (TPSA) is 59.9 Å². The smallest absolute Gasteiger partial charge is 0.191 e. The molecule has 1 heterocycles. The maximum absolute atomic E-state index is 9.64. The van der Waals surface area contributed by atoms with Gasteiger partial charge in [-0.2, -0.15) is 0 Å². The fourth-order valence-corrected chi connectivity index (χ4v) is 4.68. The first-order valence-electron chi connectivity index (χ1n) is 11.6. The maximum Gasteiger partial charge on any atom is 0.191 e. The van der Waals surface area contributed by atoms with Crippen molar-refractivity contribution < 1.29 is 5.11 Å². The van der Waals surface area contributed by atoms with Crippen LogP contribution in [0.3, 0.4) is 0 Å². The minimum absolute atomic E-state index is 0.103. The molecule has 5 nitrogen and oxygen atoms in total. The number of likely N-dealkylation sites (tertiary alicyclic amines) is 1. The maximum atomic E-state index is 9.64. The minimum Gasteiger partial charge on any atom is -0.393 e. The summed E-state index contributed by atoms with van der Waals surface area (Å²) in [5.41, 5.74) is 2.62. The van der Waals surface area contributed by atoms with Crippen molar-refractivity contribution in [2.45, 2.75) is 83.5 Å². The minimum atomic E-state index is -0.103. The summed E-state index contributed by atoms with van der Waals surface area (Å²) in [6.45, 7) is 6.05. The molecule has 1 aliphatic heterocycles. The van der Waals surface area contributed by atoms with Gasteiger partial charge in [0.05, 0.1) is 6.10 Å². The SMILES string of the molecule is CCCC1CCC(NC(=NC)NCc2ccc(CN3CCC(O)CC3)cc2)CC1. The summed E-state index contributed by atoms with van der Waals surface area (Å²) in [5.74, 6) is 1.85. The molecule has 1 aromatic rings. The molecule has 0 spiro atoms. The zero-order chi connectivity index (χ0) is 20.5. The Morgan fingerprint density at radius 1 is 1.03 bits per heavy atom. The molecule has 5 heteroatoms. The van der Waals surface area contributed by atoms with Crippen LogP contribution in [0, 0.1) is 5.92 Å². The molecule has 0 atom stereocenters. The number of piperidine rings is 1. The fraction of sp³-hybridized carbons (Fsp3) is 0.708. The van der Waals surface area contributed by atoms with Crippen LogP contribution in [0.2, 0.25) is 0 Å². The summed E-state index contributed by atoms with van der Waals surface area (Å²) in [4.78, 5) is 6.85. The molecule has 162 valence electrons. The molecule has 29 heavy (non-hydrogen) atoms. The van der Waals surface area contributed by atoms with Gasteiger partial charge in [0.2, 0.25) is 0 Å². The second kappa shape index (κ2) is 11.6. The van der Waals surface area contributed by atoms with Gasteiger partial charge in [-0.05, 0) is 55.6 Å². The third-order valence-electron chi connectivity index (χ3n) is 6.55. The standard InChI is InChI=1S/C24H40N4O/c1-3-4-19-9-11-22(12-10-19)27-24(25-2)26-17-20-5-7-21(8-6-20)18-28-15-13-23(29)14-16-28/h5-8,19,22-23,29H,3-4,9-18H2,1-2H3,(H2,25,26,27). The van der Waals surface area contributed by atoms with Gasteiger partial charge in [-0.1, -0.05) is 44.0 Å². The van der Waals surface area contributed by atoms with Crippen LogP contribution in [0.5, 0.6) is 0 Å². The number of guanidine groups is 1. The third-order valence-corrected chi connectivity index (χ3v) is 6.55. The largest absolute Gasteiger partial charge is 0.393 e. The van der Waals surface area contributed by atoms with Crippen LogP contribution in [0.4, 0.5) is 0 Å². The fourth-order valence-electron chi connectivity index (χ4n) is 4.68. The first-order chi connectivity index (χ1) is 14.2. The van der Waals surface area contributed by atoms with E-state index in [9.17, 15) is 5.11 Å². The van der Waals surface area contributed by atoms with E-state index in [0.29, 0.717) is 6.04 Å². The number of nitrogens with one attached hydrogen (secondary N) is 2. The van der Waals surface area contributed by atoms with Gasteiger partial charge in [0.25, 0.3) is 0 Å². The van der Waals surface area contributed by atoms with E-state index in [1.54, 1.807) is 0 Å². The second-order valence-electron chi connectivity index (χ2n) is 8.90. The van der Waals surface area contributed by atoms with Crippen LogP contribution in [-0.4, -0.2) is 48.2 Å². The lowest BCUT2D eigenvalue weighted by Crippen LogP contribution is -2.44. The summed E-state index contributed by atoms with van der Waals surface area (Å²) in [6.07, 6.45) is 9.60. The highest BCUT2D eigenvalue weighted by Gasteiger charge is 2.21. The van der Waals surface area contributed by atoms with E-state index >= 15 is 0 Å². The molecule has 1 saturated heterocycles. The van der Waals surface area contributed by atoms with Crippen LogP contribution in [0.25, 0.3) is 0 Å². The number of nitrogens with zero attached hydrogens (tertiary/aromatic N) is 2. The number of aliphatic hydroxyl groups is 1. The predicted octanol–water partition coefficient (Wildman–Crippen LogP) is 3.67. The van der Waals surface area contributed by atoms with Crippen molar-refractivity contribution in [2.24, 2.45) is 10.9 Å². The molecular formula is C24H40N4O. The molecular weight excluding hydrogens is 360 g/mol. The van der Waals surface area contributed by atoms with Gasteiger partial charge >= 0.3 is 0 Å². The van der Waals surface area contributed by atoms with Crippen LogP contribution < -0.4 is 10.6 Å². The van der Waals surface area contributed by atoms with Crippen molar-refractivity contribution in [2.75, 3.05) is 20.1 Å². The zero-order valence-corrected chi connectivity index (χ0v) is 18.4. The van der Waals surface area contributed by atoms with Gasteiger partial charge < -0.3 is 15.7 Å². The highest BCUT2D eigenvalue weighted by Crippen LogP contribution is 2.27. The lowest BCUT2D eigenvalue weighted by Gasteiger charge is -2.30. The number of hydrogen-bond acceptors (Lipinski definition) is 3. The molecule has 0 radical (unpaired) electrons. The monoisotopic (exact) mass is 400 g/mol. The molecule has 2 aliphatic rings.